The van der Waals surface area contributed by atoms with Crippen LogP contribution in [0.1, 0.15) is 16.7 Å². The molecule has 0 aliphatic carbocycles. The standard InChI is InChI=1S/C22H30N2O2/c1-18-8-9-22(19(2)14-18)26-17-21(25)16-24-12-10-23(11-13-24)15-20-6-4-3-5-7-20/h3-9,14,21,25H,10-13,15-17H2,1-2H3/p+2/t21-/m0/s1. The molecular weight excluding hydrogens is 324 g/mol. The Bertz CT molecular complexity index is 682. The predicted molar refractivity (Wildman–Crippen MR) is 104 cm³/mol. The van der Waals surface area contributed by atoms with Crippen molar-refractivity contribution in [1.29, 1.82) is 0 Å². The van der Waals surface area contributed by atoms with Crippen molar-refractivity contribution >= 4 is 0 Å². The van der Waals surface area contributed by atoms with E-state index >= 15 is 0 Å². The van der Waals surface area contributed by atoms with E-state index in [9.17, 15) is 5.11 Å². The monoisotopic (exact) mass is 356 g/mol. The molecule has 0 spiro atoms. The van der Waals surface area contributed by atoms with E-state index in [1.807, 2.05) is 6.07 Å². The van der Waals surface area contributed by atoms with E-state index < -0.39 is 6.10 Å². The van der Waals surface area contributed by atoms with Gasteiger partial charge in [0.05, 0.1) is 0 Å². The third kappa shape index (κ3) is 5.56. The van der Waals surface area contributed by atoms with E-state index in [0.29, 0.717) is 6.61 Å². The van der Waals surface area contributed by atoms with E-state index in [0.717, 1.165) is 50.6 Å². The molecule has 0 saturated carbocycles. The lowest BCUT2D eigenvalue weighted by atomic mass is 10.1. The zero-order chi connectivity index (χ0) is 18.4. The molecule has 0 radical (unpaired) electrons. The highest BCUT2D eigenvalue weighted by Gasteiger charge is 2.25. The Morgan fingerprint density at radius 3 is 2.35 bits per heavy atom. The van der Waals surface area contributed by atoms with E-state index in [2.05, 4.69) is 56.3 Å². The van der Waals surface area contributed by atoms with Crippen LogP contribution in [0.4, 0.5) is 0 Å². The minimum atomic E-state index is -0.415. The van der Waals surface area contributed by atoms with Crippen molar-refractivity contribution in [1.82, 2.24) is 0 Å². The van der Waals surface area contributed by atoms with Crippen molar-refractivity contribution < 1.29 is 19.6 Å². The molecule has 1 saturated heterocycles. The molecule has 1 atom stereocenters. The molecule has 1 heterocycles. The smallest absolute Gasteiger partial charge is 0.137 e. The second-order valence-corrected chi connectivity index (χ2v) is 7.60. The topological polar surface area (TPSA) is 38.3 Å². The zero-order valence-corrected chi connectivity index (χ0v) is 16.0. The van der Waals surface area contributed by atoms with Crippen LogP contribution in [0.3, 0.4) is 0 Å². The maximum atomic E-state index is 10.4. The highest BCUT2D eigenvalue weighted by molar-refractivity contribution is 5.35. The molecule has 26 heavy (non-hydrogen) atoms. The summed E-state index contributed by atoms with van der Waals surface area (Å²) in [7, 11) is 0. The lowest BCUT2D eigenvalue weighted by molar-refractivity contribution is -1.02. The largest absolute Gasteiger partial charge is 0.490 e. The highest BCUT2D eigenvalue weighted by atomic mass is 16.5. The summed E-state index contributed by atoms with van der Waals surface area (Å²) in [6.07, 6.45) is -0.415. The van der Waals surface area contributed by atoms with Crippen LogP contribution < -0.4 is 14.5 Å². The predicted octanol–water partition coefficient (Wildman–Crippen LogP) is 0.0267. The van der Waals surface area contributed by atoms with Crippen LogP contribution in [0.2, 0.25) is 0 Å². The number of aryl methyl sites for hydroxylation is 2. The van der Waals surface area contributed by atoms with Crippen LogP contribution in [0.25, 0.3) is 0 Å². The first-order chi connectivity index (χ1) is 12.6. The zero-order valence-electron chi connectivity index (χ0n) is 16.0. The molecule has 4 nitrogen and oxygen atoms in total. The Balaban J connectivity index is 1.38. The number of aliphatic hydroxyl groups is 1. The lowest BCUT2D eigenvalue weighted by Gasteiger charge is -2.30. The van der Waals surface area contributed by atoms with Gasteiger partial charge in [-0.3, -0.25) is 0 Å². The number of aliphatic hydroxyl groups excluding tert-OH is 1. The van der Waals surface area contributed by atoms with Gasteiger partial charge in [0.2, 0.25) is 0 Å². The number of ether oxygens (including phenoxy) is 1. The van der Waals surface area contributed by atoms with E-state index in [1.54, 1.807) is 4.90 Å². The van der Waals surface area contributed by atoms with Gasteiger partial charge < -0.3 is 19.6 Å². The van der Waals surface area contributed by atoms with Crippen LogP contribution in [0, 0.1) is 13.8 Å². The quantitative estimate of drug-likeness (QED) is 0.655. The van der Waals surface area contributed by atoms with Gasteiger partial charge in [0, 0.05) is 5.56 Å². The van der Waals surface area contributed by atoms with Gasteiger partial charge in [0.25, 0.3) is 0 Å². The summed E-state index contributed by atoms with van der Waals surface area (Å²) in [5.74, 6) is 0.877. The fourth-order valence-corrected chi connectivity index (χ4v) is 3.76. The Hall–Kier alpha value is -1.88. The number of hydrogen-bond acceptors (Lipinski definition) is 2. The van der Waals surface area contributed by atoms with E-state index in [-0.39, 0.29) is 0 Å². The molecule has 1 fully saturated rings. The van der Waals surface area contributed by atoms with Gasteiger partial charge in [-0.05, 0) is 25.5 Å². The van der Waals surface area contributed by atoms with Gasteiger partial charge in [0.1, 0.15) is 57.7 Å². The summed E-state index contributed by atoms with van der Waals surface area (Å²) in [6.45, 7) is 10.9. The van der Waals surface area contributed by atoms with Crippen LogP contribution in [0.5, 0.6) is 5.75 Å². The van der Waals surface area contributed by atoms with Gasteiger partial charge in [-0.1, -0.05) is 48.0 Å². The number of nitrogens with one attached hydrogen (secondary N) is 2. The first kappa shape index (κ1) is 18.9. The Morgan fingerprint density at radius 2 is 1.65 bits per heavy atom. The van der Waals surface area contributed by atoms with Gasteiger partial charge in [-0.2, -0.15) is 0 Å². The molecule has 3 N–H and O–H groups in total. The van der Waals surface area contributed by atoms with Crippen LogP contribution >= 0.6 is 0 Å². The third-order valence-corrected chi connectivity index (χ3v) is 5.25. The second-order valence-electron chi connectivity index (χ2n) is 7.60. The number of rotatable bonds is 7. The van der Waals surface area contributed by atoms with Gasteiger partial charge in [-0.15, -0.1) is 0 Å². The molecule has 4 heteroatoms. The van der Waals surface area contributed by atoms with Crippen molar-refractivity contribution in [3.63, 3.8) is 0 Å². The Kier molecular flexibility index (Phi) is 6.67. The minimum Gasteiger partial charge on any atom is -0.490 e. The lowest BCUT2D eigenvalue weighted by Crippen LogP contribution is -3.28. The maximum Gasteiger partial charge on any atom is 0.137 e. The fraction of sp³-hybridized carbons (Fsp3) is 0.455. The third-order valence-electron chi connectivity index (χ3n) is 5.25. The van der Waals surface area contributed by atoms with Gasteiger partial charge >= 0.3 is 0 Å². The van der Waals surface area contributed by atoms with Gasteiger partial charge in [-0.25, -0.2) is 0 Å². The molecule has 1 aliphatic rings. The summed E-state index contributed by atoms with van der Waals surface area (Å²) in [6, 6.07) is 16.9. The summed E-state index contributed by atoms with van der Waals surface area (Å²) in [5, 5.41) is 10.4. The van der Waals surface area contributed by atoms with E-state index in [1.165, 1.54) is 16.0 Å². The van der Waals surface area contributed by atoms with Gasteiger partial charge in [0.15, 0.2) is 0 Å². The Morgan fingerprint density at radius 1 is 0.962 bits per heavy atom. The number of quaternary nitrogens is 2. The van der Waals surface area contributed by atoms with E-state index in [4.69, 9.17) is 4.74 Å². The summed E-state index contributed by atoms with van der Waals surface area (Å²) < 4.78 is 5.83. The summed E-state index contributed by atoms with van der Waals surface area (Å²) in [4.78, 5) is 3.12. The Labute approximate surface area is 157 Å². The number of benzene rings is 2. The molecule has 3 rings (SSSR count). The van der Waals surface area contributed by atoms with Crippen LogP contribution in [0.15, 0.2) is 48.5 Å². The fourth-order valence-electron chi connectivity index (χ4n) is 3.76. The molecule has 140 valence electrons. The van der Waals surface area contributed by atoms with Crippen molar-refractivity contribution in [3.8, 4) is 5.75 Å². The van der Waals surface area contributed by atoms with Crippen LogP contribution in [-0.2, 0) is 6.54 Å². The molecule has 1 aliphatic heterocycles. The number of piperazine rings is 1. The average molecular weight is 357 g/mol. The van der Waals surface area contributed by atoms with Crippen molar-refractivity contribution in [2.45, 2.75) is 26.5 Å². The molecule has 0 aromatic heterocycles. The molecule has 0 unspecified atom stereocenters. The molecule has 0 amide bonds. The first-order valence-corrected chi connectivity index (χ1v) is 9.69. The molecule has 0 bridgehead atoms. The first-order valence-electron chi connectivity index (χ1n) is 9.69. The average Bonchev–Trinajstić information content (AvgIpc) is 2.63. The summed E-state index contributed by atoms with van der Waals surface area (Å²) >= 11 is 0. The molecule has 2 aromatic carbocycles. The SMILES string of the molecule is Cc1ccc(OC[C@@H](O)C[NH+]2CC[NH+](Cc3ccccc3)CC2)c(C)c1. The molecule has 2 aromatic rings. The van der Waals surface area contributed by atoms with Crippen molar-refractivity contribution in [3.05, 3.63) is 65.2 Å². The normalized spacial score (nSPS) is 21.3. The summed E-state index contributed by atoms with van der Waals surface area (Å²) in [5.41, 5.74) is 3.77. The minimum absolute atomic E-state index is 0.369. The van der Waals surface area contributed by atoms with Crippen molar-refractivity contribution in [2.75, 3.05) is 39.3 Å². The second kappa shape index (κ2) is 9.17. The number of hydrogen-bond donors (Lipinski definition) is 3. The van der Waals surface area contributed by atoms with Crippen LogP contribution in [-0.4, -0.2) is 50.5 Å². The molecular formula is C22H32N2O2+2. The van der Waals surface area contributed by atoms with Crippen molar-refractivity contribution in [2.24, 2.45) is 0 Å². The maximum absolute atomic E-state index is 10.4. The highest BCUT2D eigenvalue weighted by Crippen LogP contribution is 2.18.